The molecular formula is C19H20ClNO4S. The van der Waals surface area contributed by atoms with Gasteiger partial charge in [-0.2, -0.15) is 0 Å². The molecule has 0 amide bonds. The molecule has 26 heavy (non-hydrogen) atoms. The number of carbonyl (C=O) groups is 2. The molecule has 2 aromatic carbocycles. The molecule has 0 atom stereocenters. The molecule has 0 aromatic heterocycles. The number of hydrogen-bond acceptors (Lipinski definition) is 4. The number of halogens is 1. The van der Waals surface area contributed by atoms with Gasteiger partial charge >= 0.3 is 11.9 Å². The Bertz CT molecular complexity index is 733. The van der Waals surface area contributed by atoms with Gasteiger partial charge in [0.15, 0.2) is 0 Å². The number of rotatable bonds is 3. The van der Waals surface area contributed by atoms with Crippen molar-refractivity contribution < 1.29 is 19.8 Å². The largest absolute Gasteiger partial charge is 0.473 e. The first-order chi connectivity index (χ1) is 12.5. The lowest BCUT2D eigenvalue weighted by Crippen LogP contribution is -2.26. The first kappa shape index (κ1) is 20.3. The fourth-order valence-corrected chi connectivity index (χ4v) is 3.82. The van der Waals surface area contributed by atoms with Crippen molar-refractivity contribution in [2.24, 2.45) is 0 Å². The summed E-state index contributed by atoms with van der Waals surface area (Å²) in [4.78, 5) is 20.8. The third-order valence-corrected chi connectivity index (χ3v) is 5.27. The Morgan fingerprint density at radius 1 is 0.962 bits per heavy atom. The minimum absolute atomic E-state index is 0.687. The Morgan fingerprint density at radius 2 is 1.54 bits per heavy atom. The number of nitrogens with one attached hydrogen (secondary N) is 1. The highest BCUT2D eigenvalue weighted by Gasteiger charge is 2.18. The van der Waals surface area contributed by atoms with E-state index in [1.165, 1.54) is 28.2 Å². The Morgan fingerprint density at radius 3 is 2.12 bits per heavy atom. The summed E-state index contributed by atoms with van der Waals surface area (Å²) in [5.74, 6) is -2.96. The van der Waals surface area contributed by atoms with E-state index in [0.717, 1.165) is 18.1 Å². The van der Waals surface area contributed by atoms with Crippen LogP contribution in [0.2, 0.25) is 5.02 Å². The summed E-state index contributed by atoms with van der Waals surface area (Å²) in [6.45, 7) is 2.26. The SMILES string of the molecule is Clc1ccc(Sc2ccccc2C2CCNCC2)cc1.O=C(O)C(=O)O. The van der Waals surface area contributed by atoms with Crippen LogP contribution in [0.5, 0.6) is 0 Å². The number of carboxylic acids is 2. The molecule has 3 rings (SSSR count). The number of hydrogen-bond donors (Lipinski definition) is 3. The fraction of sp³-hybridized carbons (Fsp3) is 0.263. The summed E-state index contributed by atoms with van der Waals surface area (Å²) in [7, 11) is 0. The van der Waals surface area contributed by atoms with Gasteiger partial charge in [0.2, 0.25) is 0 Å². The Balaban J connectivity index is 0.000000352. The van der Waals surface area contributed by atoms with Crippen LogP contribution in [0, 0.1) is 0 Å². The Kier molecular flexibility index (Phi) is 7.97. The maximum absolute atomic E-state index is 9.10. The molecule has 1 aliphatic rings. The zero-order chi connectivity index (χ0) is 18.9. The lowest BCUT2D eigenvalue weighted by molar-refractivity contribution is -0.159. The third-order valence-electron chi connectivity index (χ3n) is 3.92. The summed E-state index contributed by atoms with van der Waals surface area (Å²) in [6, 6.07) is 16.9. The van der Waals surface area contributed by atoms with E-state index in [0.29, 0.717) is 5.92 Å². The van der Waals surface area contributed by atoms with Gasteiger partial charge in [-0.3, -0.25) is 0 Å². The topological polar surface area (TPSA) is 86.6 Å². The van der Waals surface area contributed by atoms with Crippen molar-refractivity contribution in [1.82, 2.24) is 5.32 Å². The van der Waals surface area contributed by atoms with Crippen molar-refractivity contribution >= 4 is 35.3 Å². The standard InChI is InChI=1S/C17H18ClNS.C2H2O4/c18-14-5-7-15(8-6-14)20-17-4-2-1-3-16(17)13-9-11-19-12-10-13;3-1(4)2(5)6/h1-8,13,19H,9-12H2;(H,3,4)(H,5,6). The van der Waals surface area contributed by atoms with Crippen LogP contribution in [-0.2, 0) is 9.59 Å². The van der Waals surface area contributed by atoms with Gasteiger partial charge in [0.05, 0.1) is 0 Å². The fourth-order valence-electron chi connectivity index (χ4n) is 2.67. The Labute approximate surface area is 161 Å². The van der Waals surface area contributed by atoms with Crippen molar-refractivity contribution in [1.29, 1.82) is 0 Å². The molecule has 1 saturated heterocycles. The van der Waals surface area contributed by atoms with Crippen molar-refractivity contribution in [3.63, 3.8) is 0 Å². The van der Waals surface area contributed by atoms with Crippen LogP contribution in [0.1, 0.15) is 24.3 Å². The van der Waals surface area contributed by atoms with Crippen molar-refractivity contribution in [3.05, 3.63) is 59.1 Å². The second kappa shape index (κ2) is 10.2. The van der Waals surface area contributed by atoms with Crippen LogP contribution in [0.4, 0.5) is 0 Å². The quantitative estimate of drug-likeness (QED) is 0.680. The third kappa shape index (κ3) is 6.37. The van der Waals surface area contributed by atoms with E-state index >= 15 is 0 Å². The molecule has 0 unspecified atom stereocenters. The maximum Gasteiger partial charge on any atom is 0.414 e. The zero-order valence-electron chi connectivity index (χ0n) is 14.0. The smallest absolute Gasteiger partial charge is 0.414 e. The molecule has 3 N–H and O–H groups in total. The highest BCUT2D eigenvalue weighted by atomic mass is 35.5. The normalized spacial score (nSPS) is 14.2. The van der Waals surface area contributed by atoms with Gasteiger partial charge in [0.25, 0.3) is 0 Å². The first-order valence-corrected chi connectivity index (χ1v) is 9.36. The van der Waals surface area contributed by atoms with Crippen LogP contribution in [0.3, 0.4) is 0 Å². The zero-order valence-corrected chi connectivity index (χ0v) is 15.6. The van der Waals surface area contributed by atoms with Crippen LogP contribution in [0.15, 0.2) is 58.3 Å². The van der Waals surface area contributed by atoms with Gasteiger partial charge in [0, 0.05) is 14.8 Å². The van der Waals surface area contributed by atoms with Crippen LogP contribution in [-0.4, -0.2) is 35.2 Å². The second-order valence-corrected chi connectivity index (χ2v) is 7.28. The molecule has 7 heteroatoms. The van der Waals surface area contributed by atoms with E-state index in [2.05, 4.69) is 41.7 Å². The van der Waals surface area contributed by atoms with Crippen LogP contribution < -0.4 is 5.32 Å². The molecule has 1 aliphatic heterocycles. The van der Waals surface area contributed by atoms with Gasteiger partial charge in [-0.05, 0) is 67.7 Å². The lowest BCUT2D eigenvalue weighted by Gasteiger charge is -2.24. The maximum atomic E-state index is 9.10. The molecule has 0 spiro atoms. The predicted octanol–water partition coefficient (Wildman–Crippen LogP) is 4.11. The van der Waals surface area contributed by atoms with Crippen molar-refractivity contribution in [2.75, 3.05) is 13.1 Å². The average Bonchev–Trinajstić information content (AvgIpc) is 2.65. The number of carboxylic acid groups (broad SMARTS) is 2. The van der Waals surface area contributed by atoms with E-state index < -0.39 is 11.9 Å². The van der Waals surface area contributed by atoms with Gasteiger partial charge in [-0.1, -0.05) is 41.6 Å². The highest BCUT2D eigenvalue weighted by molar-refractivity contribution is 7.99. The molecule has 138 valence electrons. The molecule has 0 saturated carbocycles. The number of aliphatic carboxylic acids is 2. The summed E-state index contributed by atoms with van der Waals surface area (Å²) in [5, 5.41) is 19.0. The number of benzene rings is 2. The molecule has 1 fully saturated rings. The predicted molar refractivity (Wildman–Crippen MR) is 102 cm³/mol. The van der Waals surface area contributed by atoms with Crippen LogP contribution >= 0.6 is 23.4 Å². The summed E-state index contributed by atoms with van der Waals surface area (Å²) >= 11 is 7.79. The molecule has 0 radical (unpaired) electrons. The van der Waals surface area contributed by atoms with Gasteiger partial charge < -0.3 is 15.5 Å². The van der Waals surface area contributed by atoms with Gasteiger partial charge in [-0.25, -0.2) is 9.59 Å². The van der Waals surface area contributed by atoms with Gasteiger partial charge in [0.1, 0.15) is 0 Å². The molecule has 2 aromatic rings. The van der Waals surface area contributed by atoms with Crippen molar-refractivity contribution in [3.8, 4) is 0 Å². The van der Waals surface area contributed by atoms with E-state index in [1.54, 1.807) is 0 Å². The highest BCUT2D eigenvalue weighted by Crippen LogP contribution is 2.37. The first-order valence-electron chi connectivity index (χ1n) is 8.16. The molecule has 0 bridgehead atoms. The van der Waals surface area contributed by atoms with Gasteiger partial charge in [-0.15, -0.1) is 0 Å². The summed E-state index contributed by atoms with van der Waals surface area (Å²) in [6.07, 6.45) is 2.47. The minimum atomic E-state index is -1.82. The van der Waals surface area contributed by atoms with Crippen LogP contribution in [0.25, 0.3) is 0 Å². The monoisotopic (exact) mass is 393 g/mol. The van der Waals surface area contributed by atoms with E-state index in [9.17, 15) is 0 Å². The molecule has 0 aliphatic carbocycles. The molecular weight excluding hydrogens is 374 g/mol. The summed E-state index contributed by atoms with van der Waals surface area (Å²) in [5.41, 5.74) is 1.49. The second-order valence-electron chi connectivity index (χ2n) is 5.73. The number of piperidine rings is 1. The lowest BCUT2D eigenvalue weighted by atomic mass is 9.90. The van der Waals surface area contributed by atoms with E-state index in [-0.39, 0.29) is 0 Å². The Hall–Kier alpha value is -2.02. The molecule has 5 nitrogen and oxygen atoms in total. The van der Waals surface area contributed by atoms with Crippen molar-refractivity contribution in [2.45, 2.75) is 28.6 Å². The van der Waals surface area contributed by atoms with E-state index in [1.807, 2.05) is 23.9 Å². The summed E-state index contributed by atoms with van der Waals surface area (Å²) < 4.78 is 0. The molecule has 1 heterocycles. The average molecular weight is 394 g/mol. The van der Waals surface area contributed by atoms with E-state index in [4.69, 9.17) is 31.4 Å². The minimum Gasteiger partial charge on any atom is -0.473 e.